The Balaban J connectivity index is 1.82. The van der Waals surface area contributed by atoms with E-state index in [1.165, 1.54) is 7.11 Å². The molecule has 154 valence electrons. The van der Waals surface area contributed by atoms with E-state index in [9.17, 15) is 10.5 Å². The number of allylic oxidation sites excluding steroid dienone is 1. The summed E-state index contributed by atoms with van der Waals surface area (Å²) >= 11 is 0. The summed E-state index contributed by atoms with van der Waals surface area (Å²) in [6, 6.07) is 8.12. The summed E-state index contributed by atoms with van der Waals surface area (Å²) in [6.07, 6.45) is 3.40. The molecule has 0 aliphatic carbocycles. The van der Waals surface area contributed by atoms with Crippen LogP contribution >= 0.6 is 0 Å². The molecule has 31 heavy (non-hydrogen) atoms. The quantitative estimate of drug-likeness (QED) is 0.493. The van der Waals surface area contributed by atoms with Crippen molar-refractivity contribution < 1.29 is 9.15 Å². The van der Waals surface area contributed by atoms with Gasteiger partial charge >= 0.3 is 0 Å². The zero-order chi connectivity index (χ0) is 22.3. The fourth-order valence-electron chi connectivity index (χ4n) is 3.58. The number of imidazole rings is 1. The van der Waals surface area contributed by atoms with Crippen molar-refractivity contribution in [1.29, 1.82) is 10.5 Å². The molecule has 0 unspecified atom stereocenters. The molecule has 0 saturated heterocycles. The number of aryl methyl sites for hydroxylation is 2. The highest BCUT2D eigenvalue weighted by atomic mass is 16.5. The first-order chi connectivity index (χ1) is 14.9. The smallest absolute Gasteiger partial charge is 0.222 e. The van der Waals surface area contributed by atoms with E-state index in [0.29, 0.717) is 45.5 Å². The van der Waals surface area contributed by atoms with Gasteiger partial charge in [-0.1, -0.05) is 0 Å². The summed E-state index contributed by atoms with van der Waals surface area (Å²) in [5.74, 6) is 2.10. The fourth-order valence-corrected chi connectivity index (χ4v) is 3.58. The van der Waals surface area contributed by atoms with Crippen molar-refractivity contribution in [3.63, 3.8) is 0 Å². The molecule has 0 bridgehead atoms. The zero-order valence-electron chi connectivity index (χ0n) is 17.9. The van der Waals surface area contributed by atoms with Crippen LogP contribution < -0.4 is 4.74 Å². The molecule has 0 spiro atoms. The van der Waals surface area contributed by atoms with Crippen LogP contribution in [0.15, 0.2) is 22.7 Å². The van der Waals surface area contributed by atoms with Crippen LogP contribution in [0.5, 0.6) is 5.88 Å². The SMILES string of the molecule is COc1cc2nc(C(C#N)=Cc3cc(C)n(-c4oc(C)c(C)c4C#N)c3C)[nH]c2cn1. The van der Waals surface area contributed by atoms with Crippen LogP contribution in [-0.4, -0.2) is 26.6 Å². The molecule has 4 aromatic heterocycles. The molecule has 0 saturated carbocycles. The highest BCUT2D eigenvalue weighted by Crippen LogP contribution is 2.30. The lowest BCUT2D eigenvalue weighted by Crippen LogP contribution is -2.00. The Morgan fingerprint density at radius 1 is 1.23 bits per heavy atom. The van der Waals surface area contributed by atoms with Crippen molar-refractivity contribution in [2.24, 2.45) is 0 Å². The number of rotatable bonds is 4. The molecule has 4 aromatic rings. The van der Waals surface area contributed by atoms with Crippen LogP contribution in [0.3, 0.4) is 0 Å². The summed E-state index contributed by atoms with van der Waals surface area (Å²) in [6.45, 7) is 7.57. The molecule has 0 aliphatic rings. The van der Waals surface area contributed by atoms with E-state index in [4.69, 9.17) is 9.15 Å². The van der Waals surface area contributed by atoms with E-state index in [-0.39, 0.29) is 0 Å². The minimum absolute atomic E-state index is 0.378. The molecule has 0 atom stereocenters. The minimum Gasteiger partial charge on any atom is -0.481 e. The number of fused-ring (bicyclic) bond motifs is 1. The summed E-state index contributed by atoms with van der Waals surface area (Å²) < 4.78 is 12.9. The average Bonchev–Trinajstić information content (AvgIpc) is 3.39. The number of hydrogen-bond donors (Lipinski definition) is 1. The van der Waals surface area contributed by atoms with Crippen LogP contribution in [0.25, 0.3) is 28.6 Å². The predicted octanol–water partition coefficient (Wildman–Crippen LogP) is 4.52. The zero-order valence-corrected chi connectivity index (χ0v) is 17.9. The molecule has 0 fully saturated rings. The van der Waals surface area contributed by atoms with Gasteiger partial charge in [-0.05, 0) is 45.4 Å². The Morgan fingerprint density at radius 2 is 2.00 bits per heavy atom. The van der Waals surface area contributed by atoms with Crippen LogP contribution in [0, 0.1) is 50.4 Å². The van der Waals surface area contributed by atoms with Gasteiger partial charge in [-0.15, -0.1) is 0 Å². The summed E-state index contributed by atoms with van der Waals surface area (Å²) in [5, 5.41) is 19.4. The van der Waals surface area contributed by atoms with Gasteiger partial charge in [-0.2, -0.15) is 10.5 Å². The van der Waals surface area contributed by atoms with E-state index in [1.54, 1.807) is 18.3 Å². The van der Waals surface area contributed by atoms with Gasteiger partial charge in [0.2, 0.25) is 11.8 Å². The summed E-state index contributed by atoms with van der Waals surface area (Å²) in [4.78, 5) is 11.8. The van der Waals surface area contributed by atoms with Crippen molar-refractivity contribution in [1.82, 2.24) is 19.5 Å². The van der Waals surface area contributed by atoms with Crippen LogP contribution in [0.2, 0.25) is 0 Å². The Hall–Kier alpha value is -4.30. The van der Waals surface area contributed by atoms with Gasteiger partial charge in [0.05, 0.1) is 29.9 Å². The lowest BCUT2D eigenvalue weighted by atomic mass is 10.1. The Labute approximate surface area is 179 Å². The van der Waals surface area contributed by atoms with E-state index in [0.717, 1.165) is 22.5 Å². The number of methoxy groups -OCH3 is 1. The number of ether oxygens (including phenoxy) is 1. The van der Waals surface area contributed by atoms with E-state index in [2.05, 4.69) is 27.1 Å². The third kappa shape index (κ3) is 3.24. The summed E-state index contributed by atoms with van der Waals surface area (Å²) in [7, 11) is 1.54. The topological polar surface area (TPSA) is 116 Å². The lowest BCUT2D eigenvalue weighted by Gasteiger charge is -2.06. The second-order valence-electron chi connectivity index (χ2n) is 7.24. The Morgan fingerprint density at radius 3 is 2.68 bits per heavy atom. The first-order valence-corrected chi connectivity index (χ1v) is 9.59. The maximum absolute atomic E-state index is 9.79. The van der Waals surface area contributed by atoms with E-state index in [1.807, 2.05) is 38.3 Å². The first kappa shape index (κ1) is 20.0. The van der Waals surface area contributed by atoms with Gasteiger partial charge in [0, 0.05) is 23.0 Å². The number of nitrogens with one attached hydrogen (secondary N) is 1. The molecule has 0 radical (unpaired) electrons. The van der Waals surface area contributed by atoms with E-state index < -0.39 is 0 Å². The van der Waals surface area contributed by atoms with Crippen LogP contribution in [0.1, 0.15) is 39.7 Å². The first-order valence-electron chi connectivity index (χ1n) is 9.59. The van der Waals surface area contributed by atoms with Crippen molar-refractivity contribution in [2.75, 3.05) is 7.11 Å². The third-order valence-electron chi connectivity index (χ3n) is 5.38. The molecule has 4 rings (SSSR count). The van der Waals surface area contributed by atoms with Gasteiger partial charge in [0.1, 0.15) is 29.3 Å². The van der Waals surface area contributed by atoms with Gasteiger partial charge in [0.25, 0.3) is 0 Å². The predicted molar refractivity (Wildman–Crippen MR) is 116 cm³/mol. The van der Waals surface area contributed by atoms with Crippen molar-refractivity contribution in [2.45, 2.75) is 27.7 Å². The van der Waals surface area contributed by atoms with Crippen molar-refractivity contribution in [3.8, 4) is 23.9 Å². The van der Waals surface area contributed by atoms with Gasteiger partial charge < -0.3 is 14.1 Å². The van der Waals surface area contributed by atoms with Crippen LogP contribution in [0.4, 0.5) is 0 Å². The largest absolute Gasteiger partial charge is 0.481 e. The van der Waals surface area contributed by atoms with E-state index >= 15 is 0 Å². The molecule has 8 heteroatoms. The highest BCUT2D eigenvalue weighted by molar-refractivity contribution is 5.90. The number of hydrogen-bond acceptors (Lipinski definition) is 6. The van der Waals surface area contributed by atoms with Crippen molar-refractivity contribution >= 4 is 22.7 Å². The molecular weight excluding hydrogens is 392 g/mol. The van der Waals surface area contributed by atoms with Gasteiger partial charge in [-0.25, -0.2) is 9.97 Å². The minimum atomic E-state index is 0.378. The molecule has 1 N–H and O–H groups in total. The highest BCUT2D eigenvalue weighted by Gasteiger charge is 2.20. The number of nitrogens with zero attached hydrogens (tertiary/aromatic N) is 5. The van der Waals surface area contributed by atoms with Crippen LogP contribution in [-0.2, 0) is 0 Å². The maximum atomic E-state index is 9.79. The molecule has 0 amide bonds. The molecule has 8 nitrogen and oxygen atoms in total. The number of furan rings is 1. The Bertz CT molecular complexity index is 1440. The molecular formula is C23H20N6O2. The number of H-pyrrole nitrogens is 1. The number of pyridine rings is 1. The Kier molecular flexibility index (Phi) is 4.84. The number of aromatic amines is 1. The second-order valence-corrected chi connectivity index (χ2v) is 7.24. The lowest BCUT2D eigenvalue weighted by molar-refractivity contribution is 0.398. The molecule has 0 aromatic carbocycles. The number of nitriles is 2. The van der Waals surface area contributed by atoms with Crippen molar-refractivity contribution in [3.05, 3.63) is 58.0 Å². The third-order valence-corrected chi connectivity index (χ3v) is 5.38. The monoisotopic (exact) mass is 412 g/mol. The van der Waals surface area contributed by atoms with Gasteiger partial charge in [-0.3, -0.25) is 4.57 Å². The number of aromatic nitrogens is 4. The molecule has 4 heterocycles. The summed E-state index contributed by atoms with van der Waals surface area (Å²) in [5.41, 5.74) is 5.67. The van der Waals surface area contributed by atoms with Gasteiger partial charge in [0.15, 0.2) is 0 Å². The average molecular weight is 412 g/mol. The second kappa shape index (κ2) is 7.51. The maximum Gasteiger partial charge on any atom is 0.222 e. The standard InChI is InChI=1S/C23H20N6O2/c1-12-6-16(14(3)29(12)23-18(10-25)13(2)15(4)31-23)7-17(9-24)22-27-19-8-21(30-5)26-11-20(19)28-22/h6-8,11H,1-5H3,(H,27,28). The normalized spacial score (nSPS) is 11.5. The molecule has 0 aliphatic heterocycles. The fraction of sp³-hybridized carbons (Fsp3) is 0.217.